The van der Waals surface area contributed by atoms with Crippen molar-refractivity contribution in [3.63, 3.8) is 0 Å². The van der Waals surface area contributed by atoms with E-state index in [2.05, 4.69) is 10.3 Å². The maximum atomic E-state index is 11.7. The number of nitrogens with one attached hydrogen (secondary N) is 1. The largest absolute Gasteiger partial charge is 0.492 e. The summed E-state index contributed by atoms with van der Waals surface area (Å²) in [5, 5.41) is 3.78. The van der Waals surface area contributed by atoms with E-state index < -0.39 is 0 Å². The Morgan fingerprint density at radius 1 is 1.29 bits per heavy atom. The number of amides is 1. The van der Waals surface area contributed by atoms with Gasteiger partial charge in [-0.15, -0.1) is 0 Å². The zero-order chi connectivity index (χ0) is 15.1. The summed E-state index contributed by atoms with van der Waals surface area (Å²) in [6, 6.07) is 8.59. The van der Waals surface area contributed by atoms with Crippen molar-refractivity contribution in [2.45, 2.75) is 12.8 Å². The fourth-order valence-corrected chi connectivity index (χ4v) is 2.13. The van der Waals surface area contributed by atoms with Crippen LogP contribution in [0.5, 0.6) is 5.75 Å². The lowest BCUT2D eigenvalue weighted by atomic mass is 10.3. The fraction of sp³-hybridized carbons (Fsp3) is 0.200. The van der Waals surface area contributed by atoms with Crippen LogP contribution in [0.4, 0.5) is 5.69 Å². The predicted octanol–water partition coefficient (Wildman–Crippen LogP) is 4.19. The molecule has 6 heteroatoms. The lowest BCUT2D eigenvalue weighted by Crippen LogP contribution is -2.12. The fourth-order valence-electron chi connectivity index (χ4n) is 1.67. The van der Waals surface area contributed by atoms with Crippen molar-refractivity contribution in [2.75, 3.05) is 11.9 Å². The van der Waals surface area contributed by atoms with Crippen LogP contribution < -0.4 is 10.1 Å². The molecule has 0 aliphatic carbocycles. The molecule has 1 amide bonds. The van der Waals surface area contributed by atoms with Crippen LogP contribution in [0.15, 0.2) is 42.7 Å². The highest BCUT2D eigenvalue weighted by Crippen LogP contribution is 2.27. The lowest BCUT2D eigenvalue weighted by molar-refractivity contribution is -0.116. The number of halogens is 2. The number of benzene rings is 1. The molecule has 0 aliphatic rings. The van der Waals surface area contributed by atoms with Gasteiger partial charge in [0, 0.05) is 17.6 Å². The highest BCUT2D eigenvalue weighted by Gasteiger charge is 2.05. The maximum Gasteiger partial charge on any atom is 0.224 e. The molecule has 0 saturated carbocycles. The second-order valence-electron chi connectivity index (χ2n) is 4.32. The first-order valence-corrected chi connectivity index (χ1v) is 7.18. The first kappa shape index (κ1) is 15.6. The summed E-state index contributed by atoms with van der Waals surface area (Å²) in [4.78, 5) is 15.6. The monoisotopic (exact) mass is 324 g/mol. The molecule has 110 valence electrons. The van der Waals surface area contributed by atoms with Gasteiger partial charge in [-0.05, 0) is 36.8 Å². The molecule has 21 heavy (non-hydrogen) atoms. The molecule has 0 spiro atoms. The van der Waals surface area contributed by atoms with E-state index >= 15 is 0 Å². The minimum Gasteiger partial charge on any atom is -0.492 e. The van der Waals surface area contributed by atoms with E-state index in [1.807, 2.05) is 0 Å². The SMILES string of the molecule is O=C(CCCOc1ccc(Cl)cc1Cl)Nc1cccnc1. The smallest absolute Gasteiger partial charge is 0.224 e. The zero-order valence-corrected chi connectivity index (χ0v) is 12.7. The molecule has 0 unspecified atom stereocenters. The molecule has 2 rings (SSSR count). The minimum atomic E-state index is -0.0752. The molecule has 1 N–H and O–H groups in total. The molecule has 0 aliphatic heterocycles. The number of pyridine rings is 1. The van der Waals surface area contributed by atoms with Gasteiger partial charge in [-0.2, -0.15) is 0 Å². The minimum absolute atomic E-state index is 0.0752. The quantitative estimate of drug-likeness (QED) is 0.811. The van der Waals surface area contributed by atoms with Crippen LogP contribution in [0.1, 0.15) is 12.8 Å². The third-order valence-corrected chi connectivity index (χ3v) is 3.18. The van der Waals surface area contributed by atoms with Crippen molar-refractivity contribution in [3.05, 3.63) is 52.8 Å². The average Bonchev–Trinajstić information content (AvgIpc) is 2.46. The Morgan fingerprint density at radius 2 is 2.14 bits per heavy atom. The van der Waals surface area contributed by atoms with Gasteiger partial charge in [0.25, 0.3) is 0 Å². The summed E-state index contributed by atoms with van der Waals surface area (Å²) in [6.45, 7) is 0.405. The van der Waals surface area contributed by atoms with E-state index in [1.54, 1.807) is 42.7 Å². The van der Waals surface area contributed by atoms with Gasteiger partial charge in [0.05, 0.1) is 23.5 Å². The molecule has 0 saturated heterocycles. The van der Waals surface area contributed by atoms with E-state index in [1.165, 1.54) is 0 Å². The summed E-state index contributed by atoms with van der Waals surface area (Å²) in [6.07, 6.45) is 4.20. The average molecular weight is 325 g/mol. The van der Waals surface area contributed by atoms with Gasteiger partial charge < -0.3 is 10.1 Å². The van der Waals surface area contributed by atoms with Gasteiger partial charge in [0.15, 0.2) is 0 Å². The van der Waals surface area contributed by atoms with E-state index in [-0.39, 0.29) is 5.91 Å². The number of nitrogens with zero attached hydrogens (tertiary/aromatic N) is 1. The molecule has 4 nitrogen and oxygen atoms in total. The first-order chi connectivity index (χ1) is 10.1. The van der Waals surface area contributed by atoms with Gasteiger partial charge in [-0.3, -0.25) is 9.78 Å². The molecule has 1 aromatic heterocycles. The van der Waals surface area contributed by atoms with Gasteiger partial charge >= 0.3 is 0 Å². The Kier molecular flexibility index (Phi) is 5.84. The number of hydrogen-bond donors (Lipinski definition) is 1. The van der Waals surface area contributed by atoms with E-state index in [0.29, 0.717) is 40.9 Å². The van der Waals surface area contributed by atoms with Gasteiger partial charge in [0.2, 0.25) is 5.91 Å². The summed E-state index contributed by atoms with van der Waals surface area (Å²) in [7, 11) is 0. The molecule has 0 radical (unpaired) electrons. The highest BCUT2D eigenvalue weighted by atomic mass is 35.5. The first-order valence-electron chi connectivity index (χ1n) is 6.43. The number of anilines is 1. The Balaban J connectivity index is 1.71. The summed E-state index contributed by atoms with van der Waals surface area (Å²) < 4.78 is 5.51. The highest BCUT2D eigenvalue weighted by molar-refractivity contribution is 6.35. The second-order valence-corrected chi connectivity index (χ2v) is 5.16. The lowest BCUT2D eigenvalue weighted by Gasteiger charge is -2.08. The molecule has 0 bridgehead atoms. The van der Waals surface area contributed by atoms with E-state index in [9.17, 15) is 4.79 Å². The van der Waals surface area contributed by atoms with Crippen LogP contribution in [0.3, 0.4) is 0 Å². The van der Waals surface area contributed by atoms with Crippen LogP contribution in [-0.2, 0) is 4.79 Å². The van der Waals surface area contributed by atoms with Crippen molar-refractivity contribution < 1.29 is 9.53 Å². The van der Waals surface area contributed by atoms with Crippen molar-refractivity contribution in [1.29, 1.82) is 0 Å². The van der Waals surface area contributed by atoms with Crippen LogP contribution in [0.2, 0.25) is 10.0 Å². The number of ether oxygens (including phenoxy) is 1. The van der Waals surface area contributed by atoms with E-state index in [4.69, 9.17) is 27.9 Å². The van der Waals surface area contributed by atoms with E-state index in [0.717, 1.165) is 0 Å². The number of hydrogen-bond acceptors (Lipinski definition) is 3. The van der Waals surface area contributed by atoms with Crippen molar-refractivity contribution >= 4 is 34.8 Å². The molecule has 2 aromatic rings. The molecule has 0 fully saturated rings. The molecular weight excluding hydrogens is 311 g/mol. The normalized spacial score (nSPS) is 10.2. The van der Waals surface area contributed by atoms with Crippen LogP contribution in [0, 0.1) is 0 Å². The van der Waals surface area contributed by atoms with Gasteiger partial charge in [0.1, 0.15) is 5.75 Å². The number of carbonyl (C=O) groups is 1. The summed E-state index contributed by atoms with van der Waals surface area (Å²) in [5.41, 5.74) is 0.684. The maximum absolute atomic E-state index is 11.7. The molecular formula is C15H14Cl2N2O2. The van der Waals surface area contributed by atoms with Crippen molar-refractivity contribution in [2.24, 2.45) is 0 Å². The van der Waals surface area contributed by atoms with Gasteiger partial charge in [-0.1, -0.05) is 23.2 Å². The number of rotatable bonds is 6. The standard InChI is InChI=1S/C15H14Cl2N2O2/c16-11-5-6-14(13(17)9-11)21-8-2-4-15(20)19-12-3-1-7-18-10-12/h1,3,5-7,9-10H,2,4,8H2,(H,19,20). The Labute approximate surface area is 133 Å². The van der Waals surface area contributed by atoms with Crippen molar-refractivity contribution in [1.82, 2.24) is 4.98 Å². The third kappa shape index (κ3) is 5.25. The number of aromatic nitrogens is 1. The second kappa shape index (κ2) is 7.86. The molecule has 1 heterocycles. The summed E-state index contributed by atoms with van der Waals surface area (Å²) >= 11 is 11.8. The Morgan fingerprint density at radius 3 is 2.86 bits per heavy atom. The Hall–Kier alpha value is -1.78. The van der Waals surface area contributed by atoms with Crippen LogP contribution in [-0.4, -0.2) is 17.5 Å². The van der Waals surface area contributed by atoms with Crippen molar-refractivity contribution in [3.8, 4) is 5.75 Å². The van der Waals surface area contributed by atoms with Crippen LogP contribution in [0.25, 0.3) is 0 Å². The Bertz CT molecular complexity index is 606. The zero-order valence-electron chi connectivity index (χ0n) is 11.2. The third-order valence-electron chi connectivity index (χ3n) is 2.64. The topological polar surface area (TPSA) is 51.2 Å². The summed E-state index contributed by atoms with van der Waals surface area (Å²) in [5.74, 6) is 0.488. The predicted molar refractivity (Wildman–Crippen MR) is 84.1 cm³/mol. The van der Waals surface area contributed by atoms with Gasteiger partial charge in [-0.25, -0.2) is 0 Å². The molecule has 1 aromatic carbocycles. The number of carbonyl (C=O) groups excluding carboxylic acids is 1. The molecule has 0 atom stereocenters. The van der Waals surface area contributed by atoms with Crippen LogP contribution >= 0.6 is 23.2 Å².